The summed E-state index contributed by atoms with van der Waals surface area (Å²) in [4.78, 5) is 6.44. The van der Waals surface area contributed by atoms with Gasteiger partial charge >= 0.3 is 0 Å². The van der Waals surface area contributed by atoms with Gasteiger partial charge in [0.1, 0.15) is 0 Å². The molecule has 2 nitrogen and oxygen atoms in total. The van der Waals surface area contributed by atoms with Gasteiger partial charge in [-0.15, -0.1) is 24.0 Å². The van der Waals surface area contributed by atoms with Crippen molar-refractivity contribution in [1.29, 1.82) is 0 Å². The van der Waals surface area contributed by atoms with Gasteiger partial charge in [-0.05, 0) is 30.2 Å². The molecule has 1 aliphatic heterocycles. The van der Waals surface area contributed by atoms with Crippen LogP contribution in [0.4, 0.5) is 5.69 Å². The van der Waals surface area contributed by atoms with Crippen LogP contribution in [0.15, 0.2) is 17.1 Å². The smallest absolute Gasteiger partial charge is 0.161 e. The Morgan fingerprint density at radius 3 is 2.39 bits per heavy atom. The van der Waals surface area contributed by atoms with Crippen LogP contribution in [0.1, 0.15) is 18.5 Å². The number of anilines is 1. The number of aliphatic imine (C=N–C) groups is 1. The maximum Gasteiger partial charge on any atom is 0.161 e. The highest BCUT2D eigenvalue weighted by molar-refractivity contribution is 14.1. The fourth-order valence-electron chi connectivity index (χ4n) is 1.59. The molecule has 2 rings (SSSR count). The Balaban J connectivity index is 0.000000917. The first-order valence-corrected chi connectivity index (χ1v) is 9.01. The van der Waals surface area contributed by atoms with E-state index in [4.69, 9.17) is 23.2 Å². The van der Waals surface area contributed by atoms with Gasteiger partial charge in [-0.1, -0.05) is 57.6 Å². The molecule has 0 amide bonds. The molecule has 0 saturated carbocycles. The Bertz CT molecular complexity index is 441. The summed E-state index contributed by atoms with van der Waals surface area (Å²) in [6.45, 7) is 2.01. The molecule has 0 aromatic heterocycles. The van der Waals surface area contributed by atoms with Crippen LogP contribution in [0.5, 0.6) is 0 Å². The van der Waals surface area contributed by atoms with E-state index in [-0.39, 0.29) is 30.0 Å². The molecular formula is C11H14Cl2I2N2S. The van der Waals surface area contributed by atoms with Crippen molar-refractivity contribution in [3.05, 3.63) is 27.7 Å². The number of hydrogen-bond acceptors (Lipinski definition) is 3. The van der Waals surface area contributed by atoms with E-state index in [2.05, 4.69) is 32.9 Å². The highest BCUT2D eigenvalue weighted by atomic mass is 127. The molecule has 1 aromatic rings. The molecule has 0 saturated heterocycles. The van der Waals surface area contributed by atoms with Crippen LogP contribution in [0.2, 0.25) is 10.0 Å². The van der Waals surface area contributed by atoms with Crippen LogP contribution < -0.4 is 5.32 Å². The SMILES string of the molecule is CI.CSC1=NC(C)c2c(Cl)ccc(Cl)c2N1.I. The zero-order valence-electron chi connectivity index (χ0n) is 10.1. The molecule has 1 unspecified atom stereocenters. The van der Waals surface area contributed by atoms with Crippen molar-refractivity contribution in [2.75, 3.05) is 16.5 Å². The number of alkyl halides is 1. The van der Waals surface area contributed by atoms with Crippen molar-refractivity contribution in [3.8, 4) is 0 Å². The fraction of sp³-hybridized carbons (Fsp3) is 0.364. The average molecular weight is 531 g/mol. The third-order valence-corrected chi connectivity index (χ3v) is 3.53. The summed E-state index contributed by atoms with van der Waals surface area (Å²) in [6, 6.07) is 3.65. The van der Waals surface area contributed by atoms with Crippen molar-refractivity contribution in [2.45, 2.75) is 13.0 Å². The van der Waals surface area contributed by atoms with E-state index < -0.39 is 0 Å². The summed E-state index contributed by atoms with van der Waals surface area (Å²) in [7, 11) is 0. The van der Waals surface area contributed by atoms with Gasteiger partial charge in [-0.2, -0.15) is 0 Å². The lowest BCUT2D eigenvalue weighted by molar-refractivity contribution is 0.817. The van der Waals surface area contributed by atoms with Crippen LogP contribution in [0.3, 0.4) is 0 Å². The quantitative estimate of drug-likeness (QED) is 0.335. The minimum Gasteiger partial charge on any atom is -0.333 e. The zero-order chi connectivity index (χ0) is 13.0. The van der Waals surface area contributed by atoms with Gasteiger partial charge in [0.2, 0.25) is 0 Å². The highest BCUT2D eigenvalue weighted by Crippen LogP contribution is 2.40. The van der Waals surface area contributed by atoms with E-state index in [9.17, 15) is 0 Å². The molecule has 1 heterocycles. The van der Waals surface area contributed by atoms with E-state index in [1.165, 1.54) is 0 Å². The van der Waals surface area contributed by atoms with E-state index in [1.807, 2.05) is 18.1 Å². The number of nitrogens with one attached hydrogen (secondary N) is 1. The lowest BCUT2D eigenvalue weighted by Crippen LogP contribution is -2.17. The Hall–Kier alpha value is 1.08. The Morgan fingerprint density at radius 1 is 1.28 bits per heavy atom. The first kappa shape index (κ1) is 19.1. The standard InChI is InChI=1S/C10H10Cl2N2S.CH3I.HI/c1-5-8-6(11)3-4-7(12)9(8)14-10(13-5)15-2;1-2;/h3-5H,1-2H3,(H,13,14);1H3;1H. The van der Waals surface area contributed by atoms with Gasteiger partial charge in [-0.25, -0.2) is 0 Å². The topological polar surface area (TPSA) is 24.4 Å². The zero-order valence-corrected chi connectivity index (χ0v) is 16.9. The van der Waals surface area contributed by atoms with Crippen molar-refractivity contribution in [2.24, 2.45) is 4.99 Å². The average Bonchev–Trinajstić information content (AvgIpc) is 2.35. The number of amidine groups is 1. The summed E-state index contributed by atoms with van der Waals surface area (Å²) < 4.78 is 0. The van der Waals surface area contributed by atoms with Crippen molar-refractivity contribution in [3.63, 3.8) is 0 Å². The van der Waals surface area contributed by atoms with E-state index >= 15 is 0 Å². The maximum absolute atomic E-state index is 6.13. The Kier molecular flexibility index (Phi) is 9.64. The number of benzene rings is 1. The Labute approximate surface area is 153 Å². The third kappa shape index (κ3) is 4.29. The van der Waals surface area contributed by atoms with Gasteiger partial charge in [0, 0.05) is 10.6 Å². The normalized spacial score (nSPS) is 16.3. The lowest BCUT2D eigenvalue weighted by Gasteiger charge is -2.23. The number of thioether (sulfide) groups is 1. The lowest BCUT2D eigenvalue weighted by atomic mass is 10.1. The van der Waals surface area contributed by atoms with Crippen LogP contribution in [0, 0.1) is 0 Å². The van der Waals surface area contributed by atoms with Crippen molar-refractivity contribution < 1.29 is 0 Å². The summed E-state index contributed by atoms with van der Waals surface area (Å²) in [5.74, 6) is 0. The van der Waals surface area contributed by atoms with Gasteiger partial charge in [-0.3, -0.25) is 4.99 Å². The predicted octanol–water partition coefficient (Wildman–Crippen LogP) is 5.87. The van der Waals surface area contributed by atoms with Gasteiger partial charge in [0.25, 0.3) is 0 Å². The molecule has 18 heavy (non-hydrogen) atoms. The van der Waals surface area contributed by atoms with Gasteiger partial charge < -0.3 is 5.32 Å². The number of halogens is 4. The molecule has 1 N–H and O–H groups in total. The molecule has 0 radical (unpaired) electrons. The molecule has 7 heteroatoms. The second-order valence-electron chi connectivity index (χ2n) is 3.26. The van der Waals surface area contributed by atoms with E-state index in [0.717, 1.165) is 16.4 Å². The molecule has 1 aliphatic rings. The first-order chi connectivity index (χ1) is 8.13. The molecule has 0 fully saturated rings. The van der Waals surface area contributed by atoms with Crippen LogP contribution >= 0.6 is 81.5 Å². The molecule has 0 aliphatic carbocycles. The van der Waals surface area contributed by atoms with Crippen molar-refractivity contribution in [1.82, 2.24) is 0 Å². The van der Waals surface area contributed by atoms with Crippen LogP contribution in [-0.4, -0.2) is 16.4 Å². The minimum absolute atomic E-state index is 0. The summed E-state index contributed by atoms with van der Waals surface area (Å²) in [5, 5.41) is 5.45. The second-order valence-corrected chi connectivity index (χ2v) is 4.87. The molecule has 1 atom stereocenters. The summed E-state index contributed by atoms with van der Waals surface area (Å²) >= 11 is 16.0. The number of rotatable bonds is 0. The minimum atomic E-state index is 0. The summed E-state index contributed by atoms with van der Waals surface area (Å²) in [5.41, 5.74) is 1.86. The van der Waals surface area contributed by atoms with Crippen LogP contribution in [-0.2, 0) is 0 Å². The van der Waals surface area contributed by atoms with Crippen LogP contribution in [0.25, 0.3) is 0 Å². The molecule has 0 spiro atoms. The second kappa shape index (κ2) is 9.10. The van der Waals surface area contributed by atoms with Crippen molar-refractivity contribution >= 4 is 92.4 Å². The molecule has 102 valence electrons. The monoisotopic (exact) mass is 530 g/mol. The molecule has 0 bridgehead atoms. The third-order valence-electron chi connectivity index (χ3n) is 2.30. The number of nitrogens with zero attached hydrogens (tertiary/aromatic N) is 1. The number of hydrogen-bond donors (Lipinski definition) is 1. The van der Waals surface area contributed by atoms with E-state index in [1.54, 1.807) is 23.9 Å². The van der Waals surface area contributed by atoms with E-state index in [0.29, 0.717) is 10.0 Å². The fourth-order valence-corrected chi connectivity index (χ4v) is 2.58. The highest BCUT2D eigenvalue weighted by Gasteiger charge is 2.22. The number of fused-ring (bicyclic) bond motifs is 1. The molecular weight excluding hydrogens is 517 g/mol. The molecule has 1 aromatic carbocycles. The Morgan fingerprint density at radius 2 is 1.83 bits per heavy atom. The predicted molar refractivity (Wildman–Crippen MR) is 105 cm³/mol. The largest absolute Gasteiger partial charge is 0.333 e. The first-order valence-electron chi connectivity index (χ1n) is 4.88. The van der Waals surface area contributed by atoms with Gasteiger partial charge in [0.05, 0.1) is 16.8 Å². The summed E-state index contributed by atoms with van der Waals surface area (Å²) in [6.07, 6.45) is 1.97. The van der Waals surface area contributed by atoms with Gasteiger partial charge in [0.15, 0.2) is 5.17 Å². The maximum atomic E-state index is 6.13.